The Hall–Kier alpha value is -0.750. The lowest BCUT2D eigenvalue weighted by Gasteiger charge is -2.30. The van der Waals surface area contributed by atoms with Crippen LogP contribution in [0.3, 0.4) is 0 Å². The fourth-order valence-corrected chi connectivity index (χ4v) is 6.33. The molecule has 0 aromatic carbocycles. The van der Waals surface area contributed by atoms with Crippen LogP contribution in [0.4, 0.5) is 0 Å². The van der Waals surface area contributed by atoms with Crippen molar-refractivity contribution in [2.75, 3.05) is 13.1 Å². The Bertz CT molecular complexity index is 581. The standard InChI is InChI=1S/C21H34N4S2/c26-20(23-17-9-5-1-2-6-10-17)24-19-11-7-3-4-8-16(19)14-18-15-27-21-22-12-13-25(18)21/h15-17,19H,1-14H2,(H2,23,24,26). The van der Waals surface area contributed by atoms with Crippen molar-refractivity contribution in [1.82, 2.24) is 15.5 Å². The summed E-state index contributed by atoms with van der Waals surface area (Å²) >= 11 is 7.55. The minimum Gasteiger partial charge on any atom is -0.360 e. The molecule has 4 rings (SSSR count). The normalized spacial score (nSPS) is 29.4. The topological polar surface area (TPSA) is 39.7 Å². The van der Waals surface area contributed by atoms with Crippen molar-refractivity contribution in [1.29, 1.82) is 0 Å². The summed E-state index contributed by atoms with van der Waals surface area (Å²) in [5.74, 6) is 0.674. The summed E-state index contributed by atoms with van der Waals surface area (Å²) in [4.78, 5) is 7.05. The van der Waals surface area contributed by atoms with Gasteiger partial charge in [0.2, 0.25) is 0 Å². The van der Waals surface area contributed by atoms with Crippen LogP contribution in [-0.4, -0.2) is 40.4 Å². The van der Waals surface area contributed by atoms with Crippen LogP contribution in [0, 0.1) is 5.92 Å². The molecule has 2 aliphatic carbocycles. The number of rotatable bonds is 4. The Morgan fingerprint density at radius 1 is 1.04 bits per heavy atom. The van der Waals surface area contributed by atoms with Crippen molar-refractivity contribution in [2.24, 2.45) is 10.9 Å². The third kappa shape index (κ3) is 5.20. The first kappa shape index (κ1) is 19.6. The quantitative estimate of drug-likeness (QED) is 0.520. The van der Waals surface area contributed by atoms with Gasteiger partial charge in [-0.1, -0.05) is 56.7 Å². The van der Waals surface area contributed by atoms with Gasteiger partial charge in [-0.05, 0) is 55.6 Å². The van der Waals surface area contributed by atoms with Crippen LogP contribution >= 0.6 is 24.0 Å². The lowest BCUT2D eigenvalue weighted by Crippen LogP contribution is -2.48. The van der Waals surface area contributed by atoms with Crippen LogP contribution in [-0.2, 0) is 0 Å². The van der Waals surface area contributed by atoms with E-state index in [4.69, 9.17) is 12.2 Å². The van der Waals surface area contributed by atoms with E-state index in [9.17, 15) is 0 Å². The Morgan fingerprint density at radius 3 is 2.63 bits per heavy atom. The van der Waals surface area contributed by atoms with Crippen LogP contribution in [0.5, 0.6) is 0 Å². The molecule has 2 aliphatic heterocycles. The molecule has 2 atom stereocenters. The van der Waals surface area contributed by atoms with Crippen LogP contribution in [0.2, 0.25) is 0 Å². The third-order valence-electron chi connectivity index (χ3n) is 6.59. The number of aliphatic imine (C=N–C) groups is 1. The molecule has 4 nitrogen and oxygen atoms in total. The summed E-state index contributed by atoms with van der Waals surface area (Å²) in [6.45, 7) is 2.03. The van der Waals surface area contributed by atoms with Crippen LogP contribution < -0.4 is 10.6 Å². The number of thioether (sulfide) groups is 1. The van der Waals surface area contributed by atoms with Gasteiger partial charge >= 0.3 is 0 Å². The number of fused-ring (bicyclic) bond motifs is 1. The molecule has 2 fully saturated rings. The fraction of sp³-hybridized carbons (Fsp3) is 0.810. The molecule has 0 bridgehead atoms. The van der Waals surface area contributed by atoms with E-state index in [2.05, 4.69) is 25.9 Å². The van der Waals surface area contributed by atoms with E-state index in [0.717, 1.165) is 24.6 Å². The van der Waals surface area contributed by atoms with E-state index in [1.165, 1.54) is 81.5 Å². The number of allylic oxidation sites excluding steroid dienone is 1. The first-order chi connectivity index (χ1) is 13.3. The zero-order chi connectivity index (χ0) is 18.5. The first-order valence-corrected chi connectivity index (χ1v) is 12.3. The molecule has 2 heterocycles. The number of hydrogen-bond acceptors (Lipinski definition) is 4. The molecule has 6 heteroatoms. The number of nitrogens with one attached hydrogen (secondary N) is 2. The minimum atomic E-state index is 0.507. The number of amidine groups is 1. The zero-order valence-electron chi connectivity index (χ0n) is 16.4. The number of hydrogen-bond donors (Lipinski definition) is 2. The number of nitrogens with zero attached hydrogens (tertiary/aromatic N) is 2. The molecule has 150 valence electrons. The van der Waals surface area contributed by atoms with E-state index in [-0.39, 0.29) is 0 Å². The van der Waals surface area contributed by atoms with Gasteiger partial charge in [0.25, 0.3) is 0 Å². The molecule has 4 aliphatic rings. The predicted molar refractivity (Wildman–Crippen MR) is 120 cm³/mol. The molecule has 0 saturated heterocycles. The summed E-state index contributed by atoms with van der Waals surface area (Å²) < 4.78 is 0. The molecule has 2 N–H and O–H groups in total. The molecular formula is C21H34N4S2. The maximum Gasteiger partial charge on any atom is 0.167 e. The molecule has 0 amide bonds. The lowest BCUT2D eigenvalue weighted by molar-refractivity contribution is 0.344. The summed E-state index contributed by atoms with van der Waals surface area (Å²) in [5, 5.41) is 11.8. The van der Waals surface area contributed by atoms with Crippen molar-refractivity contribution >= 4 is 34.3 Å². The van der Waals surface area contributed by atoms with Crippen molar-refractivity contribution < 1.29 is 0 Å². The van der Waals surface area contributed by atoms with E-state index in [0.29, 0.717) is 18.0 Å². The van der Waals surface area contributed by atoms with E-state index < -0.39 is 0 Å². The highest BCUT2D eigenvalue weighted by Gasteiger charge is 2.31. The maximum atomic E-state index is 5.74. The summed E-state index contributed by atoms with van der Waals surface area (Å²) in [6.07, 6.45) is 15.8. The van der Waals surface area contributed by atoms with Gasteiger partial charge in [0.05, 0.1) is 6.54 Å². The molecule has 0 spiro atoms. The van der Waals surface area contributed by atoms with Gasteiger partial charge < -0.3 is 15.5 Å². The largest absolute Gasteiger partial charge is 0.360 e. The lowest BCUT2D eigenvalue weighted by atomic mass is 9.90. The van der Waals surface area contributed by atoms with Gasteiger partial charge in [0, 0.05) is 24.3 Å². The van der Waals surface area contributed by atoms with Crippen LogP contribution in [0.25, 0.3) is 0 Å². The van der Waals surface area contributed by atoms with Gasteiger partial charge in [0.15, 0.2) is 10.3 Å². The Kier molecular flexibility index (Phi) is 6.98. The summed E-state index contributed by atoms with van der Waals surface area (Å²) in [7, 11) is 0. The second-order valence-corrected chi connectivity index (χ2v) is 9.80. The molecule has 27 heavy (non-hydrogen) atoms. The third-order valence-corrected chi connectivity index (χ3v) is 7.77. The van der Waals surface area contributed by atoms with Crippen molar-refractivity contribution in [3.05, 3.63) is 11.1 Å². The van der Waals surface area contributed by atoms with E-state index >= 15 is 0 Å². The second kappa shape index (κ2) is 9.64. The minimum absolute atomic E-state index is 0.507. The highest BCUT2D eigenvalue weighted by atomic mass is 32.2. The molecular weight excluding hydrogens is 372 g/mol. The predicted octanol–water partition coefficient (Wildman–Crippen LogP) is 4.77. The average Bonchev–Trinajstić information content (AvgIpc) is 3.09. The van der Waals surface area contributed by atoms with Gasteiger partial charge in [-0.3, -0.25) is 4.99 Å². The highest BCUT2D eigenvalue weighted by molar-refractivity contribution is 8.16. The molecule has 0 radical (unpaired) electrons. The Morgan fingerprint density at radius 2 is 1.78 bits per heavy atom. The molecule has 0 aromatic heterocycles. The van der Waals surface area contributed by atoms with Gasteiger partial charge in [-0.25, -0.2) is 0 Å². The summed E-state index contributed by atoms with van der Waals surface area (Å²) in [6, 6.07) is 1.09. The zero-order valence-corrected chi connectivity index (χ0v) is 18.1. The van der Waals surface area contributed by atoms with Gasteiger partial charge in [-0.2, -0.15) is 0 Å². The van der Waals surface area contributed by atoms with Crippen molar-refractivity contribution in [2.45, 2.75) is 89.1 Å². The smallest absolute Gasteiger partial charge is 0.167 e. The van der Waals surface area contributed by atoms with Crippen LogP contribution in [0.15, 0.2) is 16.1 Å². The Labute approximate surface area is 174 Å². The molecule has 2 saturated carbocycles. The first-order valence-electron chi connectivity index (χ1n) is 11.0. The maximum absolute atomic E-state index is 5.74. The van der Waals surface area contributed by atoms with Crippen molar-refractivity contribution in [3.63, 3.8) is 0 Å². The SMILES string of the molecule is S=C(NC1CCCCCC1)NC1CCCCCC1CC1=CSC2=NCCN12. The van der Waals surface area contributed by atoms with Gasteiger partial charge in [-0.15, -0.1) is 0 Å². The highest BCUT2D eigenvalue weighted by Crippen LogP contribution is 2.36. The Balaban J connectivity index is 1.33. The molecule has 2 unspecified atom stereocenters. The van der Waals surface area contributed by atoms with E-state index in [1.54, 1.807) is 0 Å². The summed E-state index contributed by atoms with van der Waals surface area (Å²) in [5.41, 5.74) is 1.48. The average molecular weight is 407 g/mol. The van der Waals surface area contributed by atoms with Gasteiger partial charge in [0.1, 0.15) is 0 Å². The monoisotopic (exact) mass is 406 g/mol. The molecule has 0 aromatic rings. The number of thiocarbonyl (C=S) groups is 1. The second-order valence-electron chi connectivity index (χ2n) is 8.56. The van der Waals surface area contributed by atoms with Crippen molar-refractivity contribution in [3.8, 4) is 0 Å². The van der Waals surface area contributed by atoms with E-state index in [1.807, 2.05) is 11.8 Å². The fourth-order valence-electron chi connectivity index (χ4n) is 5.04. The van der Waals surface area contributed by atoms with Crippen LogP contribution in [0.1, 0.15) is 77.0 Å².